The van der Waals surface area contributed by atoms with Crippen LogP contribution in [0.2, 0.25) is 0 Å². The second kappa shape index (κ2) is 10.8. The highest BCUT2D eigenvalue weighted by Crippen LogP contribution is 2.23. The number of aromatic nitrogens is 1. The standard InChI is InChI=1S/C22H29N5OS/c1-17(27(3)15-18-8-5-4-6-9-18)11-12-24-22(23-2)25-14-19-16-28-21(26-19)20-10-7-13-29-20/h4-10,13,16-17H,11-12,14-15H2,1-3H3,(H2,23,24,25). The Morgan fingerprint density at radius 3 is 2.76 bits per heavy atom. The number of oxazole rings is 1. The fourth-order valence-electron chi connectivity index (χ4n) is 2.94. The number of nitrogens with zero attached hydrogens (tertiary/aromatic N) is 3. The summed E-state index contributed by atoms with van der Waals surface area (Å²) in [5.41, 5.74) is 2.19. The van der Waals surface area contributed by atoms with Crippen molar-refractivity contribution in [3.05, 3.63) is 65.4 Å². The van der Waals surface area contributed by atoms with Gasteiger partial charge in [0.2, 0.25) is 5.89 Å². The molecule has 2 aromatic heterocycles. The molecule has 1 atom stereocenters. The normalized spacial score (nSPS) is 12.9. The molecular weight excluding hydrogens is 382 g/mol. The molecule has 1 aromatic carbocycles. The van der Waals surface area contributed by atoms with E-state index in [4.69, 9.17) is 4.42 Å². The molecule has 6 nitrogen and oxygen atoms in total. The fourth-order valence-corrected chi connectivity index (χ4v) is 3.60. The Bertz CT molecular complexity index is 876. The second-order valence-corrected chi connectivity index (χ2v) is 7.96. The first-order valence-corrected chi connectivity index (χ1v) is 10.7. The Morgan fingerprint density at radius 2 is 2.03 bits per heavy atom. The van der Waals surface area contributed by atoms with E-state index in [1.54, 1.807) is 24.6 Å². The van der Waals surface area contributed by atoms with Crippen molar-refractivity contribution >= 4 is 17.3 Å². The van der Waals surface area contributed by atoms with Gasteiger partial charge in [0.1, 0.15) is 6.26 Å². The summed E-state index contributed by atoms with van der Waals surface area (Å²) in [6.07, 6.45) is 2.71. The molecule has 0 radical (unpaired) electrons. The highest BCUT2D eigenvalue weighted by molar-refractivity contribution is 7.13. The number of benzene rings is 1. The van der Waals surface area contributed by atoms with Crippen LogP contribution in [0.1, 0.15) is 24.6 Å². The first-order chi connectivity index (χ1) is 14.2. The van der Waals surface area contributed by atoms with Gasteiger partial charge in [-0.3, -0.25) is 9.89 Å². The zero-order valence-electron chi connectivity index (χ0n) is 17.3. The summed E-state index contributed by atoms with van der Waals surface area (Å²) in [6.45, 7) is 4.62. The van der Waals surface area contributed by atoms with Crippen LogP contribution in [0.5, 0.6) is 0 Å². The molecule has 0 fully saturated rings. The van der Waals surface area contributed by atoms with Crippen LogP contribution in [0.3, 0.4) is 0 Å². The quantitative estimate of drug-likeness (QED) is 0.412. The lowest BCUT2D eigenvalue weighted by molar-refractivity contribution is 0.238. The molecule has 7 heteroatoms. The van der Waals surface area contributed by atoms with Crippen molar-refractivity contribution in [3.8, 4) is 10.8 Å². The summed E-state index contributed by atoms with van der Waals surface area (Å²) in [6, 6.07) is 15.0. The Hall–Kier alpha value is -2.64. The predicted molar refractivity (Wildman–Crippen MR) is 120 cm³/mol. The van der Waals surface area contributed by atoms with Crippen LogP contribution in [0.15, 0.2) is 63.5 Å². The average Bonchev–Trinajstić information content (AvgIpc) is 3.42. The number of guanidine groups is 1. The van der Waals surface area contributed by atoms with E-state index in [0.717, 1.165) is 36.0 Å². The van der Waals surface area contributed by atoms with Crippen LogP contribution in [-0.2, 0) is 13.1 Å². The van der Waals surface area contributed by atoms with Crippen LogP contribution in [0, 0.1) is 0 Å². The van der Waals surface area contributed by atoms with Crippen molar-refractivity contribution in [3.63, 3.8) is 0 Å². The van der Waals surface area contributed by atoms with Crippen molar-refractivity contribution in [2.75, 3.05) is 20.6 Å². The maximum absolute atomic E-state index is 5.56. The van der Waals surface area contributed by atoms with Gasteiger partial charge in [0.05, 0.1) is 17.1 Å². The minimum atomic E-state index is 0.463. The minimum Gasteiger partial charge on any atom is -0.443 e. The molecule has 3 aromatic rings. The Kier molecular flexibility index (Phi) is 7.84. The maximum Gasteiger partial charge on any atom is 0.236 e. The SMILES string of the molecule is CN=C(NCCC(C)N(C)Cc1ccccc1)NCc1coc(-c2cccs2)n1. The van der Waals surface area contributed by atoms with Gasteiger partial charge in [0.15, 0.2) is 5.96 Å². The van der Waals surface area contributed by atoms with Gasteiger partial charge in [-0.05, 0) is 37.4 Å². The molecule has 154 valence electrons. The van der Waals surface area contributed by atoms with E-state index in [9.17, 15) is 0 Å². The van der Waals surface area contributed by atoms with Crippen molar-refractivity contribution in [2.24, 2.45) is 4.99 Å². The highest BCUT2D eigenvalue weighted by Gasteiger charge is 2.11. The smallest absolute Gasteiger partial charge is 0.236 e. The van der Waals surface area contributed by atoms with E-state index in [0.29, 0.717) is 18.5 Å². The highest BCUT2D eigenvalue weighted by atomic mass is 32.1. The number of aliphatic imine (C=N–C) groups is 1. The molecule has 0 aliphatic heterocycles. The Morgan fingerprint density at radius 1 is 1.21 bits per heavy atom. The third-order valence-corrected chi connectivity index (χ3v) is 5.68. The van der Waals surface area contributed by atoms with Crippen LogP contribution in [-0.4, -0.2) is 42.5 Å². The molecule has 0 saturated carbocycles. The number of nitrogens with one attached hydrogen (secondary N) is 2. The van der Waals surface area contributed by atoms with Crippen LogP contribution in [0.25, 0.3) is 10.8 Å². The third kappa shape index (κ3) is 6.44. The fraction of sp³-hybridized carbons (Fsp3) is 0.364. The topological polar surface area (TPSA) is 65.7 Å². The molecule has 0 spiro atoms. The number of thiophene rings is 1. The van der Waals surface area contributed by atoms with E-state index in [1.165, 1.54) is 5.56 Å². The lowest BCUT2D eigenvalue weighted by Crippen LogP contribution is -2.39. The monoisotopic (exact) mass is 411 g/mol. The van der Waals surface area contributed by atoms with Crippen molar-refractivity contribution in [2.45, 2.75) is 32.5 Å². The van der Waals surface area contributed by atoms with Crippen molar-refractivity contribution < 1.29 is 4.42 Å². The van der Waals surface area contributed by atoms with Crippen molar-refractivity contribution in [1.82, 2.24) is 20.5 Å². The number of hydrogen-bond acceptors (Lipinski definition) is 5. The van der Waals surface area contributed by atoms with E-state index in [2.05, 4.69) is 69.8 Å². The zero-order valence-corrected chi connectivity index (χ0v) is 18.1. The van der Waals surface area contributed by atoms with Gasteiger partial charge < -0.3 is 15.1 Å². The van der Waals surface area contributed by atoms with Gasteiger partial charge in [0, 0.05) is 26.2 Å². The lowest BCUT2D eigenvalue weighted by Gasteiger charge is -2.25. The van der Waals surface area contributed by atoms with Crippen LogP contribution < -0.4 is 10.6 Å². The second-order valence-electron chi connectivity index (χ2n) is 7.01. The van der Waals surface area contributed by atoms with E-state index in [-0.39, 0.29) is 0 Å². The van der Waals surface area contributed by atoms with Crippen LogP contribution >= 0.6 is 11.3 Å². The van der Waals surface area contributed by atoms with E-state index >= 15 is 0 Å². The maximum atomic E-state index is 5.56. The number of rotatable bonds is 9. The van der Waals surface area contributed by atoms with Gasteiger partial charge in [-0.1, -0.05) is 36.4 Å². The molecular formula is C22H29N5OS. The zero-order chi connectivity index (χ0) is 20.5. The molecule has 0 saturated heterocycles. The molecule has 0 amide bonds. The Labute approximate surface area is 176 Å². The van der Waals surface area contributed by atoms with Gasteiger partial charge in [-0.15, -0.1) is 11.3 Å². The molecule has 3 rings (SSSR count). The molecule has 1 unspecified atom stereocenters. The molecule has 0 bridgehead atoms. The van der Waals surface area contributed by atoms with Gasteiger partial charge in [0.25, 0.3) is 0 Å². The third-order valence-electron chi connectivity index (χ3n) is 4.83. The van der Waals surface area contributed by atoms with Crippen LogP contribution in [0.4, 0.5) is 0 Å². The molecule has 2 N–H and O–H groups in total. The first-order valence-electron chi connectivity index (χ1n) is 9.82. The average molecular weight is 412 g/mol. The van der Waals surface area contributed by atoms with E-state index in [1.807, 2.05) is 17.5 Å². The van der Waals surface area contributed by atoms with Gasteiger partial charge >= 0.3 is 0 Å². The summed E-state index contributed by atoms with van der Waals surface area (Å²) in [5.74, 6) is 1.43. The molecule has 0 aliphatic carbocycles. The Balaban J connectivity index is 1.39. The molecule has 2 heterocycles. The summed E-state index contributed by atoms with van der Waals surface area (Å²) in [4.78, 5) is 12.2. The summed E-state index contributed by atoms with van der Waals surface area (Å²) in [5, 5.41) is 8.69. The lowest BCUT2D eigenvalue weighted by atomic mass is 10.1. The summed E-state index contributed by atoms with van der Waals surface area (Å²) >= 11 is 1.62. The van der Waals surface area contributed by atoms with Gasteiger partial charge in [-0.2, -0.15) is 0 Å². The number of hydrogen-bond donors (Lipinski definition) is 2. The first kappa shape index (κ1) is 21.1. The van der Waals surface area contributed by atoms with Crippen molar-refractivity contribution in [1.29, 1.82) is 0 Å². The largest absolute Gasteiger partial charge is 0.443 e. The molecule has 0 aliphatic rings. The summed E-state index contributed by atoms with van der Waals surface area (Å²) < 4.78 is 5.56. The van der Waals surface area contributed by atoms with E-state index < -0.39 is 0 Å². The predicted octanol–water partition coefficient (Wildman–Crippen LogP) is 3.98. The molecule has 29 heavy (non-hydrogen) atoms. The minimum absolute atomic E-state index is 0.463. The van der Waals surface area contributed by atoms with Gasteiger partial charge in [-0.25, -0.2) is 4.98 Å². The summed E-state index contributed by atoms with van der Waals surface area (Å²) in [7, 11) is 3.95.